The molecule has 1 aliphatic rings. The lowest BCUT2D eigenvalue weighted by Crippen LogP contribution is -2.31. The number of anilines is 3. The molecule has 3 heterocycles. The van der Waals surface area contributed by atoms with E-state index in [4.69, 9.17) is 16.3 Å². The van der Waals surface area contributed by atoms with Crippen LogP contribution >= 0.6 is 11.6 Å². The van der Waals surface area contributed by atoms with Crippen LogP contribution in [-0.4, -0.2) is 45.0 Å². The van der Waals surface area contributed by atoms with Crippen LogP contribution in [0.2, 0.25) is 5.02 Å². The van der Waals surface area contributed by atoms with Crippen molar-refractivity contribution in [1.29, 1.82) is 0 Å². The maximum atomic E-state index is 13.1. The molecule has 0 saturated carbocycles. The molecule has 0 aliphatic carbocycles. The number of halogens is 4. The highest BCUT2D eigenvalue weighted by molar-refractivity contribution is 6.33. The van der Waals surface area contributed by atoms with Gasteiger partial charge in [-0.15, -0.1) is 0 Å². The van der Waals surface area contributed by atoms with Crippen molar-refractivity contribution in [2.75, 3.05) is 30.3 Å². The van der Waals surface area contributed by atoms with Crippen LogP contribution in [0.4, 0.5) is 30.6 Å². The van der Waals surface area contributed by atoms with Gasteiger partial charge in [0.05, 0.1) is 33.9 Å². The average Bonchev–Trinajstić information content (AvgIpc) is 3.47. The quantitative estimate of drug-likeness (QED) is 0.288. The number of nitrogens with zero attached hydrogens (tertiary/aromatic N) is 4. The minimum atomic E-state index is -4.50. The van der Waals surface area contributed by atoms with Crippen LogP contribution in [-0.2, 0) is 18.0 Å². The van der Waals surface area contributed by atoms with E-state index in [0.29, 0.717) is 35.3 Å². The maximum Gasteiger partial charge on any atom is 0.416 e. The number of alkyl halides is 3. The van der Waals surface area contributed by atoms with Crippen LogP contribution < -0.4 is 15.4 Å². The maximum absolute atomic E-state index is 13.1. The second-order valence-corrected chi connectivity index (χ2v) is 9.38. The molecule has 2 aromatic carbocycles. The van der Waals surface area contributed by atoms with E-state index in [1.165, 1.54) is 6.07 Å². The first-order valence-corrected chi connectivity index (χ1v) is 12.3. The van der Waals surface area contributed by atoms with Gasteiger partial charge in [-0.05, 0) is 62.3 Å². The summed E-state index contributed by atoms with van der Waals surface area (Å²) in [5.41, 5.74) is 0.562. The van der Waals surface area contributed by atoms with Crippen LogP contribution in [0.3, 0.4) is 0 Å². The Labute approximate surface area is 221 Å². The molecule has 0 unspecified atom stereocenters. The standard InChI is InChI=1S/C26H24ClF3N6O2/c1-35-22-7-5-17(38-18-8-9-31-23(14-18)34-24(37)15-36-10-2-3-11-36)13-21(22)33-25(35)32-20-12-16(26(28,29)30)4-6-19(20)27/h4-9,12-14H,2-3,10-11,15H2,1H3,(H,32,33)(H,31,34,37). The first-order chi connectivity index (χ1) is 18.2. The molecule has 1 amide bonds. The molecule has 0 spiro atoms. The van der Waals surface area contributed by atoms with Crippen molar-refractivity contribution in [3.05, 3.63) is 65.3 Å². The van der Waals surface area contributed by atoms with Crippen molar-refractivity contribution in [2.45, 2.75) is 19.0 Å². The number of rotatable bonds is 7. The summed E-state index contributed by atoms with van der Waals surface area (Å²) in [4.78, 5) is 23.1. The first kappa shape index (κ1) is 25.8. The molecule has 1 aliphatic heterocycles. The number of carbonyl (C=O) groups excluding carboxylic acids is 1. The first-order valence-electron chi connectivity index (χ1n) is 11.9. The number of aryl methyl sites for hydroxylation is 1. The summed E-state index contributed by atoms with van der Waals surface area (Å²) in [6, 6.07) is 11.6. The van der Waals surface area contributed by atoms with Gasteiger partial charge in [0.25, 0.3) is 0 Å². The van der Waals surface area contributed by atoms with Crippen LogP contribution in [0.15, 0.2) is 54.7 Å². The Kier molecular flexibility index (Phi) is 7.13. The summed E-state index contributed by atoms with van der Waals surface area (Å²) < 4.78 is 47.1. The Morgan fingerprint density at radius 1 is 1.08 bits per heavy atom. The van der Waals surface area contributed by atoms with Crippen molar-refractivity contribution in [2.24, 2.45) is 7.05 Å². The molecule has 2 aromatic heterocycles. The number of ether oxygens (including phenoxy) is 1. The zero-order valence-corrected chi connectivity index (χ0v) is 21.1. The Hall–Kier alpha value is -3.83. The number of nitrogens with one attached hydrogen (secondary N) is 2. The Bertz CT molecular complexity index is 1480. The average molecular weight is 545 g/mol. The van der Waals surface area contributed by atoms with Crippen LogP contribution in [0.25, 0.3) is 11.0 Å². The number of amides is 1. The third-order valence-corrected chi connectivity index (χ3v) is 6.52. The highest BCUT2D eigenvalue weighted by Gasteiger charge is 2.31. The number of fused-ring (bicyclic) bond motifs is 1. The predicted octanol–water partition coefficient (Wildman–Crippen LogP) is 6.21. The fraction of sp³-hybridized carbons (Fsp3) is 0.269. The molecular weight excluding hydrogens is 521 g/mol. The van der Waals surface area contributed by atoms with E-state index in [1.807, 2.05) is 0 Å². The summed E-state index contributed by atoms with van der Waals surface area (Å²) in [6.45, 7) is 2.17. The summed E-state index contributed by atoms with van der Waals surface area (Å²) in [5, 5.41) is 5.82. The second kappa shape index (κ2) is 10.5. The fourth-order valence-corrected chi connectivity index (χ4v) is 4.44. The van der Waals surface area contributed by atoms with E-state index < -0.39 is 11.7 Å². The van der Waals surface area contributed by atoms with Gasteiger partial charge in [-0.25, -0.2) is 9.97 Å². The van der Waals surface area contributed by atoms with E-state index in [-0.39, 0.29) is 16.6 Å². The molecule has 1 saturated heterocycles. The number of aromatic nitrogens is 3. The van der Waals surface area contributed by atoms with Crippen LogP contribution in [0.5, 0.6) is 11.5 Å². The molecule has 0 atom stereocenters. The molecule has 5 rings (SSSR count). The van der Waals surface area contributed by atoms with Crippen LogP contribution in [0, 0.1) is 0 Å². The molecule has 1 fully saturated rings. The molecule has 0 radical (unpaired) electrons. The lowest BCUT2D eigenvalue weighted by Gasteiger charge is -2.14. The van der Waals surface area contributed by atoms with Gasteiger partial charge in [0.15, 0.2) is 0 Å². The molecule has 38 heavy (non-hydrogen) atoms. The Morgan fingerprint density at radius 3 is 2.61 bits per heavy atom. The van der Waals surface area contributed by atoms with Crippen LogP contribution in [0.1, 0.15) is 18.4 Å². The van der Waals surface area contributed by atoms with Crippen molar-refractivity contribution in [1.82, 2.24) is 19.4 Å². The molecule has 12 heteroatoms. The van der Waals surface area contributed by atoms with E-state index in [9.17, 15) is 18.0 Å². The van der Waals surface area contributed by atoms with Gasteiger partial charge < -0.3 is 19.9 Å². The van der Waals surface area contributed by atoms with E-state index in [2.05, 4.69) is 25.5 Å². The Morgan fingerprint density at radius 2 is 1.84 bits per heavy atom. The molecule has 198 valence electrons. The summed E-state index contributed by atoms with van der Waals surface area (Å²) in [6.07, 6.45) is -0.748. The lowest BCUT2D eigenvalue weighted by molar-refractivity contribution is -0.137. The highest BCUT2D eigenvalue weighted by Crippen LogP contribution is 2.35. The van der Waals surface area contributed by atoms with Gasteiger partial charge >= 0.3 is 6.18 Å². The third kappa shape index (κ3) is 5.84. The van der Waals surface area contributed by atoms with E-state index in [0.717, 1.165) is 43.6 Å². The molecular formula is C26H24ClF3N6O2. The third-order valence-electron chi connectivity index (χ3n) is 6.19. The summed E-state index contributed by atoms with van der Waals surface area (Å²) >= 11 is 6.13. The lowest BCUT2D eigenvalue weighted by atomic mass is 10.2. The monoisotopic (exact) mass is 544 g/mol. The zero-order chi connectivity index (χ0) is 26.9. The van der Waals surface area contributed by atoms with Gasteiger partial charge in [0.1, 0.15) is 17.3 Å². The number of likely N-dealkylation sites (tertiary alicyclic amines) is 1. The molecule has 2 N–H and O–H groups in total. The van der Waals surface area contributed by atoms with Crippen molar-refractivity contribution < 1.29 is 22.7 Å². The molecule has 0 bridgehead atoms. The minimum absolute atomic E-state index is 0.0902. The topological polar surface area (TPSA) is 84.3 Å². The molecule has 8 nitrogen and oxygen atoms in total. The number of hydrogen-bond donors (Lipinski definition) is 2. The van der Waals surface area contributed by atoms with Gasteiger partial charge in [-0.1, -0.05) is 11.6 Å². The number of hydrogen-bond acceptors (Lipinski definition) is 6. The minimum Gasteiger partial charge on any atom is -0.457 e. The SMILES string of the molecule is Cn1c(Nc2cc(C(F)(F)F)ccc2Cl)nc2cc(Oc3ccnc(NC(=O)CN4CCCC4)c3)ccc21. The number of benzene rings is 2. The van der Waals surface area contributed by atoms with E-state index >= 15 is 0 Å². The smallest absolute Gasteiger partial charge is 0.416 e. The van der Waals surface area contributed by atoms with Gasteiger partial charge in [-0.3, -0.25) is 9.69 Å². The number of carbonyl (C=O) groups is 1. The van der Waals surface area contributed by atoms with Crippen molar-refractivity contribution >= 4 is 46.0 Å². The summed E-state index contributed by atoms with van der Waals surface area (Å²) in [5.74, 6) is 1.52. The second-order valence-electron chi connectivity index (χ2n) is 8.97. The number of pyridine rings is 1. The fourth-order valence-electron chi connectivity index (χ4n) is 4.28. The Balaban J connectivity index is 1.31. The molecule has 4 aromatic rings. The van der Waals surface area contributed by atoms with Gasteiger partial charge in [0.2, 0.25) is 11.9 Å². The normalized spacial score (nSPS) is 14.1. The van der Waals surface area contributed by atoms with Gasteiger partial charge in [-0.2, -0.15) is 13.2 Å². The summed E-state index contributed by atoms with van der Waals surface area (Å²) in [7, 11) is 1.74. The van der Waals surface area contributed by atoms with Crippen molar-refractivity contribution in [3.8, 4) is 11.5 Å². The highest BCUT2D eigenvalue weighted by atomic mass is 35.5. The van der Waals surface area contributed by atoms with E-state index in [1.54, 1.807) is 48.1 Å². The largest absolute Gasteiger partial charge is 0.457 e. The predicted molar refractivity (Wildman–Crippen MR) is 139 cm³/mol. The van der Waals surface area contributed by atoms with Crippen molar-refractivity contribution in [3.63, 3.8) is 0 Å². The zero-order valence-electron chi connectivity index (χ0n) is 20.3. The number of imidazole rings is 1. The van der Waals surface area contributed by atoms with Gasteiger partial charge in [0, 0.05) is 25.4 Å².